The molecule has 0 aromatic carbocycles. The molecule has 0 radical (unpaired) electrons. The highest BCUT2D eigenvalue weighted by atomic mass is 16.3. The van der Waals surface area contributed by atoms with Crippen molar-refractivity contribution >= 4 is 11.5 Å². The van der Waals surface area contributed by atoms with Crippen molar-refractivity contribution in [3.63, 3.8) is 0 Å². The normalized spacial score (nSPS) is 30.4. The van der Waals surface area contributed by atoms with E-state index in [2.05, 4.69) is 23.8 Å². The lowest BCUT2D eigenvalue weighted by Crippen LogP contribution is -2.46. The van der Waals surface area contributed by atoms with E-state index >= 15 is 0 Å². The first-order chi connectivity index (χ1) is 8.99. The van der Waals surface area contributed by atoms with Crippen LogP contribution in [0.25, 0.3) is 0 Å². The summed E-state index contributed by atoms with van der Waals surface area (Å²) in [6.07, 6.45) is 3.88. The number of hydrogen-bond donors (Lipinski definition) is 2. The molecule has 0 saturated carbocycles. The zero-order valence-electron chi connectivity index (χ0n) is 12.0. The van der Waals surface area contributed by atoms with E-state index in [1.165, 1.54) is 0 Å². The van der Waals surface area contributed by atoms with Crippen LogP contribution in [-0.2, 0) is 0 Å². The highest BCUT2D eigenvalue weighted by Crippen LogP contribution is 2.42. The molecule has 19 heavy (non-hydrogen) atoms. The molecule has 2 unspecified atom stereocenters. The summed E-state index contributed by atoms with van der Waals surface area (Å²) >= 11 is 0. The molecule has 3 N–H and O–H groups in total. The highest BCUT2D eigenvalue weighted by Gasteiger charge is 2.42. The Bertz CT molecular complexity index is 468. The van der Waals surface area contributed by atoms with Crippen LogP contribution in [0.15, 0.2) is 0 Å². The number of nitrogens with zero attached hydrogens (tertiary/aromatic N) is 3. The third kappa shape index (κ3) is 1.91. The minimum atomic E-state index is -0.147. The largest absolute Gasteiger partial charge is 0.394 e. The summed E-state index contributed by atoms with van der Waals surface area (Å²) in [6.45, 7) is 6.24. The van der Waals surface area contributed by atoms with Crippen molar-refractivity contribution < 1.29 is 5.11 Å². The lowest BCUT2D eigenvalue weighted by molar-refractivity contribution is 0.125. The first-order valence-electron chi connectivity index (χ1n) is 7.30. The summed E-state index contributed by atoms with van der Waals surface area (Å²) in [5, 5.41) is 14.5. The van der Waals surface area contributed by atoms with Crippen LogP contribution in [0.2, 0.25) is 0 Å². The fourth-order valence-corrected chi connectivity index (χ4v) is 3.66. The van der Waals surface area contributed by atoms with Gasteiger partial charge in [-0.05, 0) is 46.5 Å². The molecule has 1 aromatic rings. The van der Waals surface area contributed by atoms with Crippen molar-refractivity contribution in [1.29, 1.82) is 0 Å². The molecule has 106 valence electrons. The third-order valence-corrected chi connectivity index (χ3v) is 4.55. The molecule has 2 aliphatic heterocycles. The van der Waals surface area contributed by atoms with Crippen molar-refractivity contribution in [2.45, 2.75) is 70.7 Å². The number of piperidine rings is 1. The number of anilines is 2. The van der Waals surface area contributed by atoms with Gasteiger partial charge in [0, 0.05) is 18.1 Å². The van der Waals surface area contributed by atoms with Crippen molar-refractivity contribution in [2.24, 2.45) is 0 Å². The number of nitrogens with two attached hydrogens (primary N) is 1. The maximum Gasteiger partial charge on any atom is 0.151 e. The molecular formula is C14H24N4O. The van der Waals surface area contributed by atoms with Crippen molar-refractivity contribution in [1.82, 2.24) is 9.78 Å². The molecule has 3 heterocycles. The van der Waals surface area contributed by atoms with E-state index in [4.69, 9.17) is 5.73 Å². The molecule has 5 heteroatoms. The maximum absolute atomic E-state index is 9.93. The van der Waals surface area contributed by atoms with Gasteiger partial charge in [-0.25, -0.2) is 4.68 Å². The van der Waals surface area contributed by atoms with Crippen LogP contribution in [0.1, 0.15) is 51.3 Å². The minimum absolute atomic E-state index is 0.147. The van der Waals surface area contributed by atoms with Crippen LogP contribution in [-0.4, -0.2) is 33.1 Å². The maximum atomic E-state index is 9.93. The zero-order valence-corrected chi connectivity index (χ0v) is 12.0. The van der Waals surface area contributed by atoms with Gasteiger partial charge in [-0.3, -0.25) is 0 Å². The predicted molar refractivity (Wildman–Crippen MR) is 76.3 cm³/mol. The summed E-state index contributed by atoms with van der Waals surface area (Å²) in [5.74, 6) is 1.08. The fraction of sp³-hybridized carbons (Fsp3) is 0.786. The van der Waals surface area contributed by atoms with Crippen LogP contribution in [0.5, 0.6) is 0 Å². The second-order valence-electron chi connectivity index (χ2n) is 6.28. The van der Waals surface area contributed by atoms with E-state index in [0.717, 1.165) is 42.9 Å². The average molecular weight is 264 g/mol. The van der Waals surface area contributed by atoms with Gasteiger partial charge in [-0.2, -0.15) is 5.10 Å². The fourth-order valence-electron chi connectivity index (χ4n) is 3.66. The summed E-state index contributed by atoms with van der Waals surface area (Å²) < 4.78 is 2.05. The highest BCUT2D eigenvalue weighted by molar-refractivity contribution is 5.68. The van der Waals surface area contributed by atoms with Crippen LogP contribution >= 0.6 is 0 Å². The van der Waals surface area contributed by atoms with Crippen LogP contribution in [0.3, 0.4) is 0 Å². The number of aryl methyl sites for hydroxylation is 1. The first kappa shape index (κ1) is 12.8. The predicted octanol–water partition coefficient (Wildman–Crippen LogP) is 1.85. The Labute approximate surface area is 114 Å². The van der Waals surface area contributed by atoms with Gasteiger partial charge in [-0.15, -0.1) is 0 Å². The standard InChI is InChI=1S/C14H24N4O/c1-8(2)18-14(13(15)9(3)16-18)17-10-4-5-11(17)7-12(19)6-10/h8,10-12,19H,4-7,15H2,1-3H3. The van der Waals surface area contributed by atoms with E-state index in [1.54, 1.807) is 0 Å². The van der Waals surface area contributed by atoms with Crippen molar-refractivity contribution in [3.8, 4) is 0 Å². The first-order valence-corrected chi connectivity index (χ1v) is 7.30. The van der Waals surface area contributed by atoms with Crippen LogP contribution in [0, 0.1) is 6.92 Å². The van der Waals surface area contributed by atoms with Crippen LogP contribution < -0.4 is 10.6 Å². The van der Waals surface area contributed by atoms with E-state index in [9.17, 15) is 5.11 Å². The van der Waals surface area contributed by atoms with Gasteiger partial charge in [-0.1, -0.05) is 0 Å². The number of aromatic nitrogens is 2. The molecule has 2 fully saturated rings. The smallest absolute Gasteiger partial charge is 0.151 e. The molecule has 0 spiro atoms. The summed E-state index contributed by atoms with van der Waals surface area (Å²) in [6, 6.07) is 1.14. The molecule has 2 aliphatic rings. The van der Waals surface area contributed by atoms with Gasteiger partial charge in [0.1, 0.15) is 0 Å². The molecule has 2 saturated heterocycles. The molecule has 0 amide bonds. The number of nitrogen functional groups attached to an aromatic ring is 1. The lowest BCUT2D eigenvalue weighted by Gasteiger charge is -2.39. The minimum Gasteiger partial charge on any atom is -0.394 e. The third-order valence-electron chi connectivity index (χ3n) is 4.55. The summed E-state index contributed by atoms with van der Waals surface area (Å²) in [4.78, 5) is 2.43. The van der Waals surface area contributed by atoms with Gasteiger partial charge >= 0.3 is 0 Å². The Kier molecular flexibility index (Phi) is 2.96. The second-order valence-corrected chi connectivity index (χ2v) is 6.28. The van der Waals surface area contributed by atoms with Gasteiger partial charge in [0.25, 0.3) is 0 Å². The van der Waals surface area contributed by atoms with E-state index in [-0.39, 0.29) is 6.10 Å². The number of rotatable bonds is 2. The molecular weight excluding hydrogens is 240 g/mol. The topological polar surface area (TPSA) is 67.3 Å². The quantitative estimate of drug-likeness (QED) is 0.855. The Morgan fingerprint density at radius 1 is 1.26 bits per heavy atom. The van der Waals surface area contributed by atoms with Crippen molar-refractivity contribution in [2.75, 3.05) is 10.6 Å². The molecule has 5 nitrogen and oxygen atoms in total. The number of fused-ring (bicyclic) bond motifs is 2. The number of aliphatic hydroxyl groups excluding tert-OH is 1. The van der Waals surface area contributed by atoms with E-state index in [1.807, 2.05) is 11.6 Å². The zero-order chi connectivity index (χ0) is 13.7. The average Bonchev–Trinajstić information content (AvgIpc) is 2.76. The summed E-state index contributed by atoms with van der Waals surface area (Å²) in [7, 11) is 0. The van der Waals surface area contributed by atoms with Gasteiger partial charge < -0.3 is 15.7 Å². The Morgan fingerprint density at radius 2 is 1.84 bits per heavy atom. The number of hydrogen-bond acceptors (Lipinski definition) is 4. The van der Waals surface area contributed by atoms with Gasteiger partial charge in [0.2, 0.25) is 0 Å². The number of aliphatic hydroxyl groups is 1. The summed E-state index contributed by atoms with van der Waals surface area (Å²) in [5.41, 5.74) is 7.99. The Hall–Kier alpha value is -1.23. The monoisotopic (exact) mass is 264 g/mol. The molecule has 2 atom stereocenters. The SMILES string of the molecule is Cc1nn(C(C)C)c(N2C3CCC2CC(O)C3)c1N. The molecule has 2 bridgehead atoms. The van der Waals surface area contributed by atoms with Gasteiger partial charge in [0.05, 0.1) is 17.5 Å². The van der Waals surface area contributed by atoms with E-state index in [0.29, 0.717) is 18.1 Å². The second kappa shape index (κ2) is 4.40. The van der Waals surface area contributed by atoms with Crippen molar-refractivity contribution in [3.05, 3.63) is 5.69 Å². The van der Waals surface area contributed by atoms with E-state index < -0.39 is 0 Å². The molecule has 0 aliphatic carbocycles. The lowest BCUT2D eigenvalue weighted by atomic mass is 10.00. The van der Waals surface area contributed by atoms with Gasteiger partial charge in [0.15, 0.2) is 5.82 Å². The van der Waals surface area contributed by atoms with Crippen LogP contribution in [0.4, 0.5) is 11.5 Å². The Morgan fingerprint density at radius 3 is 2.37 bits per heavy atom. The molecule has 1 aromatic heterocycles. The Balaban J connectivity index is 2.03. The molecule has 3 rings (SSSR count).